The molecule has 0 aliphatic heterocycles. The zero-order chi connectivity index (χ0) is 15.0. The lowest BCUT2D eigenvalue weighted by molar-refractivity contribution is 0.102. The maximum atomic E-state index is 12.3. The van der Waals surface area contributed by atoms with Crippen molar-refractivity contribution in [1.29, 1.82) is 0 Å². The molecule has 21 heavy (non-hydrogen) atoms. The van der Waals surface area contributed by atoms with Gasteiger partial charge in [0.1, 0.15) is 5.69 Å². The molecular formula is C16H14BrN3O. The van der Waals surface area contributed by atoms with E-state index in [9.17, 15) is 4.79 Å². The molecule has 0 aliphatic rings. The van der Waals surface area contributed by atoms with Gasteiger partial charge in [-0.3, -0.25) is 4.79 Å². The molecule has 106 valence electrons. The summed E-state index contributed by atoms with van der Waals surface area (Å²) in [5, 5.41) is 3.80. The maximum Gasteiger partial charge on any atom is 0.272 e. The smallest absolute Gasteiger partial charge is 0.272 e. The Morgan fingerprint density at radius 2 is 2.05 bits per heavy atom. The van der Waals surface area contributed by atoms with Gasteiger partial charge in [0.2, 0.25) is 0 Å². The van der Waals surface area contributed by atoms with Crippen LogP contribution < -0.4 is 11.1 Å². The molecule has 1 aromatic heterocycles. The Hall–Kier alpha value is -2.27. The van der Waals surface area contributed by atoms with Crippen molar-refractivity contribution < 1.29 is 4.79 Å². The Morgan fingerprint density at radius 1 is 1.24 bits per heavy atom. The van der Waals surface area contributed by atoms with Gasteiger partial charge in [-0.15, -0.1) is 0 Å². The number of hydrogen-bond acceptors (Lipinski definition) is 2. The molecule has 4 nitrogen and oxygen atoms in total. The maximum absolute atomic E-state index is 12.3. The molecule has 0 saturated carbocycles. The predicted molar refractivity (Wildman–Crippen MR) is 89.5 cm³/mol. The number of nitrogens with two attached hydrogens (primary N) is 1. The molecule has 1 amide bonds. The fourth-order valence-corrected chi connectivity index (χ4v) is 2.47. The summed E-state index contributed by atoms with van der Waals surface area (Å²) in [6.07, 6.45) is 0. The van der Waals surface area contributed by atoms with Crippen LogP contribution in [0.3, 0.4) is 0 Å². The lowest BCUT2D eigenvalue weighted by Gasteiger charge is -2.06. The third-order valence-corrected chi connectivity index (χ3v) is 4.24. The summed E-state index contributed by atoms with van der Waals surface area (Å²) < 4.78 is 1.01. The number of aromatic nitrogens is 1. The Bertz CT molecular complexity index is 839. The molecular weight excluding hydrogens is 330 g/mol. The number of amides is 1. The van der Waals surface area contributed by atoms with Crippen LogP contribution in [0.15, 0.2) is 46.9 Å². The molecule has 3 rings (SSSR count). The lowest BCUT2D eigenvalue weighted by atomic mass is 10.2. The number of carbonyl (C=O) groups excluding carboxylic acids is 1. The zero-order valence-corrected chi connectivity index (χ0v) is 13.0. The minimum Gasteiger partial charge on any atom is -0.397 e. The topological polar surface area (TPSA) is 70.9 Å². The van der Waals surface area contributed by atoms with Gasteiger partial charge in [0.25, 0.3) is 5.91 Å². The quantitative estimate of drug-likeness (QED) is 0.613. The summed E-state index contributed by atoms with van der Waals surface area (Å²) in [5.41, 5.74) is 9.62. The van der Waals surface area contributed by atoms with Crippen molar-refractivity contribution in [2.45, 2.75) is 6.92 Å². The van der Waals surface area contributed by atoms with Crippen molar-refractivity contribution in [3.05, 3.63) is 58.2 Å². The van der Waals surface area contributed by atoms with Gasteiger partial charge in [-0.2, -0.15) is 0 Å². The van der Waals surface area contributed by atoms with Crippen LogP contribution in [-0.2, 0) is 0 Å². The number of para-hydroxylation sites is 1. The summed E-state index contributed by atoms with van der Waals surface area (Å²) >= 11 is 3.44. The van der Waals surface area contributed by atoms with Crippen LogP contribution in [0.2, 0.25) is 0 Å². The van der Waals surface area contributed by atoms with Gasteiger partial charge in [-0.1, -0.05) is 28.1 Å². The van der Waals surface area contributed by atoms with Gasteiger partial charge >= 0.3 is 0 Å². The van der Waals surface area contributed by atoms with Gasteiger partial charge in [0.15, 0.2) is 0 Å². The molecule has 0 aliphatic carbocycles. The number of halogens is 1. The summed E-state index contributed by atoms with van der Waals surface area (Å²) in [4.78, 5) is 15.4. The fourth-order valence-electron chi connectivity index (χ4n) is 2.22. The van der Waals surface area contributed by atoms with Crippen LogP contribution in [0.5, 0.6) is 0 Å². The number of H-pyrrole nitrogens is 1. The van der Waals surface area contributed by atoms with Gasteiger partial charge in [-0.25, -0.2) is 0 Å². The fraction of sp³-hybridized carbons (Fsp3) is 0.0625. The van der Waals surface area contributed by atoms with Crippen LogP contribution in [0.1, 0.15) is 16.1 Å². The van der Waals surface area contributed by atoms with Crippen molar-refractivity contribution >= 4 is 44.1 Å². The molecule has 4 N–H and O–H groups in total. The highest BCUT2D eigenvalue weighted by Crippen LogP contribution is 2.23. The number of nitrogens with one attached hydrogen (secondary N) is 2. The highest BCUT2D eigenvalue weighted by Gasteiger charge is 2.11. The first-order chi connectivity index (χ1) is 10.0. The Balaban J connectivity index is 1.90. The third-order valence-electron chi connectivity index (χ3n) is 3.35. The summed E-state index contributed by atoms with van der Waals surface area (Å²) in [7, 11) is 0. The molecule has 0 radical (unpaired) electrons. The zero-order valence-electron chi connectivity index (χ0n) is 11.4. The first kappa shape index (κ1) is 13.7. The number of fused-ring (bicyclic) bond motifs is 1. The summed E-state index contributed by atoms with van der Waals surface area (Å²) in [6.45, 7) is 1.98. The highest BCUT2D eigenvalue weighted by atomic mass is 79.9. The molecule has 0 spiro atoms. The largest absolute Gasteiger partial charge is 0.397 e. The molecule has 3 aromatic rings. The lowest BCUT2D eigenvalue weighted by Crippen LogP contribution is -2.12. The number of benzene rings is 2. The average Bonchev–Trinajstić information content (AvgIpc) is 2.89. The van der Waals surface area contributed by atoms with E-state index in [1.165, 1.54) is 0 Å². The van der Waals surface area contributed by atoms with Gasteiger partial charge < -0.3 is 16.0 Å². The Kier molecular flexibility index (Phi) is 3.43. The number of carbonyl (C=O) groups is 1. The molecule has 0 saturated heterocycles. The standard InChI is InChI=1S/C16H14BrN3O/c1-9-7-11(5-6-12(9)17)19-16(21)14-8-10-3-2-4-13(18)15(10)20-14/h2-8,20H,18H2,1H3,(H,19,21). The number of anilines is 2. The number of aryl methyl sites for hydroxylation is 1. The van der Waals surface area contributed by atoms with Crippen molar-refractivity contribution in [2.24, 2.45) is 0 Å². The molecule has 5 heteroatoms. The number of nitrogen functional groups attached to an aromatic ring is 1. The van der Waals surface area contributed by atoms with Crippen LogP contribution in [0.25, 0.3) is 10.9 Å². The normalized spacial score (nSPS) is 10.8. The second-order valence-corrected chi connectivity index (χ2v) is 5.77. The Labute approximate surface area is 130 Å². The first-order valence-corrected chi connectivity index (χ1v) is 7.28. The van der Waals surface area contributed by atoms with Crippen molar-refractivity contribution in [2.75, 3.05) is 11.1 Å². The summed E-state index contributed by atoms with van der Waals surface area (Å²) in [6, 6.07) is 13.1. The van der Waals surface area contributed by atoms with E-state index >= 15 is 0 Å². The monoisotopic (exact) mass is 343 g/mol. The summed E-state index contributed by atoms with van der Waals surface area (Å²) in [5.74, 6) is -0.188. The molecule has 0 atom stereocenters. The van der Waals surface area contributed by atoms with E-state index < -0.39 is 0 Å². The van der Waals surface area contributed by atoms with E-state index in [0.29, 0.717) is 11.4 Å². The van der Waals surface area contributed by atoms with Crippen LogP contribution >= 0.6 is 15.9 Å². The van der Waals surface area contributed by atoms with Crippen molar-refractivity contribution in [3.8, 4) is 0 Å². The van der Waals surface area contributed by atoms with E-state index in [1.54, 1.807) is 12.1 Å². The molecule has 1 heterocycles. The van der Waals surface area contributed by atoms with Crippen molar-refractivity contribution in [1.82, 2.24) is 4.98 Å². The van der Waals surface area contributed by atoms with Gasteiger partial charge in [0, 0.05) is 15.5 Å². The molecule has 2 aromatic carbocycles. The highest BCUT2D eigenvalue weighted by molar-refractivity contribution is 9.10. The number of hydrogen-bond donors (Lipinski definition) is 3. The van der Waals surface area contributed by atoms with Gasteiger partial charge in [-0.05, 0) is 42.8 Å². The van der Waals surface area contributed by atoms with Crippen LogP contribution in [0.4, 0.5) is 11.4 Å². The minimum absolute atomic E-state index is 0.188. The molecule has 0 bridgehead atoms. The SMILES string of the molecule is Cc1cc(NC(=O)c2cc3cccc(N)c3[nH]2)ccc1Br. The molecule has 0 fully saturated rings. The van der Waals surface area contributed by atoms with Crippen LogP contribution in [0, 0.1) is 6.92 Å². The van der Waals surface area contributed by atoms with E-state index in [0.717, 1.165) is 26.6 Å². The van der Waals surface area contributed by atoms with E-state index in [1.807, 2.05) is 37.3 Å². The van der Waals surface area contributed by atoms with Crippen LogP contribution in [-0.4, -0.2) is 10.9 Å². The second kappa shape index (κ2) is 5.26. The average molecular weight is 344 g/mol. The van der Waals surface area contributed by atoms with Gasteiger partial charge in [0.05, 0.1) is 11.2 Å². The van der Waals surface area contributed by atoms with Crippen molar-refractivity contribution in [3.63, 3.8) is 0 Å². The number of aromatic amines is 1. The number of rotatable bonds is 2. The first-order valence-electron chi connectivity index (χ1n) is 6.49. The predicted octanol–water partition coefficient (Wildman–Crippen LogP) is 4.07. The second-order valence-electron chi connectivity index (χ2n) is 4.91. The minimum atomic E-state index is -0.188. The van der Waals surface area contributed by atoms with E-state index in [2.05, 4.69) is 26.2 Å². The molecule has 0 unspecified atom stereocenters. The van der Waals surface area contributed by atoms with E-state index in [4.69, 9.17) is 5.73 Å². The van der Waals surface area contributed by atoms with E-state index in [-0.39, 0.29) is 5.91 Å². The third kappa shape index (κ3) is 2.64. The Morgan fingerprint density at radius 3 is 2.76 bits per heavy atom.